The van der Waals surface area contributed by atoms with Crippen LogP contribution in [0.1, 0.15) is 10.4 Å². The van der Waals surface area contributed by atoms with Crippen LogP contribution in [-0.2, 0) is 0 Å². The van der Waals surface area contributed by atoms with Crippen molar-refractivity contribution in [2.45, 2.75) is 0 Å². The Labute approximate surface area is 167 Å². The number of fused-ring (bicyclic) bond motifs is 1. The zero-order chi connectivity index (χ0) is 19.7. The van der Waals surface area contributed by atoms with Gasteiger partial charge in [0.1, 0.15) is 11.0 Å². The van der Waals surface area contributed by atoms with Crippen LogP contribution in [-0.4, -0.2) is 35.0 Å². The normalized spacial score (nSPS) is 10.8. The number of halogens is 1. The topological polar surface area (TPSA) is 63.1 Å². The van der Waals surface area contributed by atoms with Crippen LogP contribution < -0.4 is 10.2 Å². The minimum absolute atomic E-state index is 0.267. The quantitative estimate of drug-likeness (QED) is 0.560. The van der Waals surface area contributed by atoms with E-state index in [1.807, 2.05) is 49.3 Å². The summed E-state index contributed by atoms with van der Waals surface area (Å²) in [6, 6.07) is 20.3. The number of amides is 1. The highest BCUT2D eigenvalue weighted by Gasteiger charge is 2.11. The number of hydrogen-bond donors (Lipinski definition) is 1. The van der Waals surface area contributed by atoms with Gasteiger partial charge in [-0.15, -0.1) is 10.2 Å². The van der Waals surface area contributed by atoms with Crippen molar-refractivity contribution in [3.8, 4) is 5.69 Å². The second kappa shape index (κ2) is 7.32. The molecule has 0 aliphatic carbocycles. The summed E-state index contributed by atoms with van der Waals surface area (Å²) in [4.78, 5) is 16.1. The van der Waals surface area contributed by atoms with E-state index in [0.717, 1.165) is 16.9 Å². The molecular weight excluding hydrogens is 374 g/mol. The van der Waals surface area contributed by atoms with Gasteiger partial charge in [0.25, 0.3) is 5.91 Å². The van der Waals surface area contributed by atoms with Gasteiger partial charge in [-0.05, 0) is 54.6 Å². The molecule has 6 nitrogen and oxygen atoms in total. The van der Waals surface area contributed by atoms with E-state index in [9.17, 15) is 4.79 Å². The number of anilines is 2. The fourth-order valence-electron chi connectivity index (χ4n) is 2.84. The van der Waals surface area contributed by atoms with Gasteiger partial charge in [0.05, 0.1) is 16.3 Å². The zero-order valence-corrected chi connectivity index (χ0v) is 16.2. The molecule has 0 aliphatic heterocycles. The second-order valence-electron chi connectivity index (χ2n) is 6.54. The van der Waals surface area contributed by atoms with Crippen LogP contribution in [0.2, 0.25) is 5.02 Å². The molecule has 0 bridgehead atoms. The number of benzene rings is 3. The zero-order valence-electron chi connectivity index (χ0n) is 15.4. The molecule has 0 saturated heterocycles. The minimum atomic E-state index is -0.267. The second-order valence-corrected chi connectivity index (χ2v) is 6.94. The van der Waals surface area contributed by atoms with E-state index in [-0.39, 0.29) is 5.91 Å². The van der Waals surface area contributed by atoms with E-state index < -0.39 is 0 Å². The third-order valence-electron chi connectivity index (χ3n) is 4.35. The van der Waals surface area contributed by atoms with Crippen LogP contribution in [0.5, 0.6) is 0 Å². The van der Waals surface area contributed by atoms with Crippen molar-refractivity contribution in [1.82, 2.24) is 15.0 Å². The highest BCUT2D eigenvalue weighted by Crippen LogP contribution is 2.21. The van der Waals surface area contributed by atoms with Crippen molar-refractivity contribution in [3.63, 3.8) is 0 Å². The van der Waals surface area contributed by atoms with Crippen molar-refractivity contribution < 1.29 is 4.79 Å². The molecule has 0 aliphatic rings. The summed E-state index contributed by atoms with van der Waals surface area (Å²) in [7, 11) is 3.99. The lowest BCUT2D eigenvalue weighted by atomic mass is 10.2. The van der Waals surface area contributed by atoms with Crippen LogP contribution in [0.15, 0.2) is 66.7 Å². The SMILES string of the molecule is CN(C)c1ccc(-n2nc3ccc(NC(=O)c4ccccc4Cl)cc3n2)cc1. The van der Waals surface area contributed by atoms with Crippen LogP contribution in [0.3, 0.4) is 0 Å². The first kappa shape index (κ1) is 18.0. The van der Waals surface area contributed by atoms with Crippen molar-refractivity contribution >= 4 is 39.9 Å². The largest absolute Gasteiger partial charge is 0.378 e. The molecule has 0 saturated carbocycles. The number of nitrogens with zero attached hydrogens (tertiary/aromatic N) is 4. The number of rotatable bonds is 4. The summed E-state index contributed by atoms with van der Waals surface area (Å²) in [6.45, 7) is 0. The predicted molar refractivity (Wildman–Crippen MR) is 113 cm³/mol. The fraction of sp³-hybridized carbons (Fsp3) is 0.0952. The molecule has 0 spiro atoms. The molecule has 7 heteroatoms. The molecule has 28 heavy (non-hydrogen) atoms. The Morgan fingerprint density at radius 2 is 1.68 bits per heavy atom. The first-order valence-electron chi connectivity index (χ1n) is 8.72. The van der Waals surface area contributed by atoms with Crippen molar-refractivity contribution in [2.24, 2.45) is 0 Å². The van der Waals surface area contributed by atoms with E-state index in [1.54, 1.807) is 41.2 Å². The van der Waals surface area contributed by atoms with Crippen LogP contribution in [0.4, 0.5) is 11.4 Å². The Bertz CT molecular complexity index is 1150. The summed E-state index contributed by atoms with van der Waals surface area (Å²) in [5.74, 6) is -0.267. The molecule has 140 valence electrons. The van der Waals surface area contributed by atoms with E-state index in [1.165, 1.54) is 0 Å². The maximum atomic E-state index is 12.4. The van der Waals surface area contributed by atoms with Gasteiger partial charge in [0.15, 0.2) is 0 Å². The molecule has 1 amide bonds. The molecule has 0 radical (unpaired) electrons. The Kier molecular flexibility index (Phi) is 4.71. The Hall–Kier alpha value is -3.38. The average molecular weight is 392 g/mol. The first-order chi connectivity index (χ1) is 13.5. The van der Waals surface area contributed by atoms with Gasteiger partial charge < -0.3 is 10.2 Å². The van der Waals surface area contributed by atoms with E-state index in [4.69, 9.17) is 11.6 Å². The molecule has 1 aromatic heterocycles. The van der Waals surface area contributed by atoms with Gasteiger partial charge in [0.2, 0.25) is 0 Å². The van der Waals surface area contributed by atoms with Gasteiger partial charge in [-0.1, -0.05) is 23.7 Å². The molecule has 4 rings (SSSR count). The van der Waals surface area contributed by atoms with Gasteiger partial charge >= 0.3 is 0 Å². The maximum absolute atomic E-state index is 12.4. The molecule has 1 heterocycles. The number of carbonyl (C=O) groups excluding carboxylic acids is 1. The summed E-state index contributed by atoms with van der Waals surface area (Å²) in [5, 5.41) is 12.3. The van der Waals surface area contributed by atoms with Gasteiger partial charge in [-0.25, -0.2) is 0 Å². The van der Waals surface area contributed by atoms with Crippen molar-refractivity contribution in [3.05, 3.63) is 77.3 Å². The van der Waals surface area contributed by atoms with E-state index >= 15 is 0 Å². The Balaban J connectivity index is 1.60. The third kappa shape index (κ3) is 3.54. The van der Waals surface area contributed by atoms with Gasteiger partial charge in [-0.3, -0.25) is 4.79 Å². The first-order valence-corrected chi connectivity index (χ1v) is 9.10. The van der Waals surface area contributed by atoms with Crippen LogP contribution in [0, 0.1) is 0 Å². The molecule has 1 N–H and O–H groups in total. The number of hydrogen-bond acceptors (Lipinski definition) is 4. The lowest BCUT2D eigenvalue weighted by Crippen LogP contribution is -2.12. The number of aromatic nitrogens is 3. The van der Waals surface area contributed by atoms with Crippen LogP contribution >= 0.6 is 11.6 Å². The molecular formula is C21H18ClN5O. The molecule has 3 aromatic carbocycles. The van der Waals surface area contributed by atoms with Crippen LogP contribution in [0.25, 0.3) is 16.7 Å². The number of carbonyl (C=O) groups is 1. The highest BCUT2D eigenvalue weighted by atomic mass is 35.5. The van der Waals surface area contributed by atoms with Crippen molar-refractivity contribution in [1.29, 1.82) is 0 Å². The molecule has 0 unspecified atom stereocenters. The third-order valence-corrected chi connectivity index (χ3v) is 4.68. The van der Waals surface area contributed by atoms with Crippen molar-refractivity contribution in [2.75, 3.05) is 24.3 Å². The summed E-state index contributed by atoms with van der Waals surface area (Å²) < 4.78 is 0. The average Bonchev–Trinajstić information content (AvgIpc) is 3.11. The molecule has 0 atom stereocenters. The smallest absolute Gasteiger partial charge is 0.257 e. The predicted octanol–water partition coefficient (Wildman–Crippen LogP) is 4.39. The Morgan fingerprint density at radius 3 is 2.39 bits per heavy atom. The lowest BCUT2D eigenvalue weighted by Gasteiger charge is -2.12. The fourth-order valence-corrected chi connectivity index (χ4v) is 3.06. The standard InChI is InChI=1S/C21H18ClN5O/c1-26(2)15-8-10-16(11-9-15)27-24-19-12-7-14(13-20(19)25-27)23-21(28)17-5-3-4-6-18(17)22/h3-13H,1-2H3,(H,23,28). The summed E-state index contributed by atoms with van der Waals surface area (Å²) >= 11 is 6.09. The molecule has 0 fully saturated rings. The summed E-state index contributed by atoms with van der Waals surface area (Å²) in [5.41, 5.74) is 4.45. The molecule has 4 aromatic rings. The lowest BCUT2D eigenvalue weighted by molar-refractivity contribution is 0.102. The number of nitrogens with one attached hydrogen (secondary N) is 1. The summed E-state index contributed by atoms with van der Waals surface area (Å²) in [6.07, 6.45) is 0. The highest BCUT2D eigenvalue weighted by molar-refractivity contribution is 6.34. The van der Waals surface area contributed by atoms with Gasteiger partial charge in [0, 0.05) is 25.5 Å². The van der Waals surface area contributed by atoms with Gasteiger partial charge in [-0.2, -0.15) is 4.80 Å². The monoisotopic (exact) mass is 391 g/mol. The minimum Gasteiger partial charge on any atom is -0.378 e. The van der Waals surface area contributed by atoms with E-state index in [2.05, 4.69) is 15.5 Å². The van der Waals surface area contributed by atoms with E-state index in [0.29, 0.717) is 21.8 Å². The Morgan fingerprint density at radius 1 is 0.964 bits per heavy atom. The maximum Gasteiger partial charge on any atom is 0.257 e.